The van der Waals surface area contributed by atoms with E-state index >= 15 is 0 Å². The van der Waals surface area contributed by atoms with Crippen molar-refractivity contribution < 1.29 is 9.13 Å². The lowest BCUT2D eigenvalue weighted by Crippen LogP contribution is -2.30. The molecule has 2 aromatic heterocycles. The van der Waals surface area contributed by atoms with Crippen molar-refractivity contribution in [3.8, 4) is 11.4 Å². The molecule has 0 bridgehead atoms. The highest BCUT2D eigenvalue weighted by Gasteiger charge is 2.43. The van der Waals surface area contributed by atoms with Gasteiger partial charge in [-0.15, -0.1) is 0 Å². The van der Waals surface area contributed by atoms with Gasteiger partial charge < -0.3 is 19.5 Å². The SMILES string of the molecule is COc1ccccc1N1C(=S)N[C@@H](c2ccccn2)[C@H]1c1cccn1-c1cccc(F)c1. The summed E-state index contributed by atoms with van der Waals surface area (Å²) in [5.41, 5.74) is 3.40. The Bertz CT molecular complexity index is 1260. The van der Waals surface area contributed by atoms with Crippen LogP contribution in [0.2, 0.25) is 0 Å². The fourth-order valence-electron chi connectivity index (χ4n) is 4.24. The first-order valence-electron chi connectivity index (χ1n) is 10.2. The monoisotopic (exact) mass is 444 g/mol. The predicted octanol–water partition coefficient (Wildman–Crippen LogP) is 5.20. The van der Waals surface area contributed by atoms with Crippen LogP contribution in [0.4, 0.5) is 10.1 Å². The normalized spacial score (nSPS) is 17.9. The molecule has 7 heteroatoms. The molecule has 32 heavy (non-hydrogen) atoms. The number of para-hydroxylation sites is 2. The van der Waals surface area contributed by atoms with Gasteiger partial charge in [-0.05, 0) is 66.8 Å². The van der Waals surface area contributed by atoms with Gasteiger partial charge in [-0.1, -0.05) is 24.3 Å². The van der Waals surface area contributed by atoms with Crippen LogP contribution in [0, 0.1) is 5.82 Å². The van der Waals surface area contributed by atoms with Crippen LogP contribution in [0.15, 0.2) is 91.3 Å². The number of benzene rings is 2. The molecule has 1 aliphatic rings. The number of nitrogens with zero attached hydrogens (tertiary/aromatic N) is 3. The lowest BCUT2D eigenvalue weighted by atomic mass is 10.0. The molecule has 0 spiro atoms. The number of rotatable bonds is 5. The van der Waals surface area contributed by atoms with E-state index in [0.717, 1.165) is 22.8 Å². The predicted molar refractivity (Wildman–Crippen MR) is 127 cm³/mol. The summed E-state index contributed by atoms with van der Waals surface area (Å²) in [6, 6.07) is 23.7. The summed E-state index contributed by atoms with van der Waals surface area (Å²) in [5.74, 6) is 0.428. The van der Waals surface area contributed by atoms with Gasteiger partial charge in [-0.2, -0.15) is 0 Å². The van der Waals surface area contributed by atoms with Crippen molar-refractivity contribution in [1.29, 1.82) is 0 Å². The number of halogens is 1. The molecule has 1 N–H and O–H groups in total. The fraction of sp³-hybridized carbons (Fsp3) is 0.120. The van der Waals surface area contributed by atoms with Gasteiger partial charge in [0.2, 0.25) is 0 Å². The first-order chi connectivity index (χ1) is 15.7. The van der Waals surface area contributed by atoms with E-state index < -0.39 is 0 Å². The maximum absolute atomic E-state index is 14.0. The Morgan fingerprint density at radius 3 is 2.62 bits per heavy atom. The van der Waals surface area contributed by atoms with E-state index in [1.54, 1.807) is 19.4 Å². The number of hydrogen-bond donors (Lipinski definition) is 1. The standard InChI is InChI=1S/C25H21FN4OS/c1-31-22-13-3-2-11-20(22)30-24(23(28-25(30)32)19-10-4-5-14-27-19)21-12-7-15-29(21)18-9-6-8-17(26)16-18/h2-16,23-24H,1H3,(H,28,32)/t23-,24+/m0/s1. The Morgan fingerprint density at radius 2 is 1.84 bits per heavy atom. The smallest absolute Gasteiger partial charge is 0.174 e. The second-order valence-corrected chi connectivity index (χ2v) is 7.84. The highest BCUT2D eigenvalue weighted by atomic mass is 32.1. The van der Waals surface area contributed by atoms with Crippen LogP contribution < -0.4 is 15.0 Å². The summed E-state index contributed by atoms with van der Waals surface area (Å²) in [6.07, 6.45) is 3.70. The summed E-state index contributed by atoms with van der Waals surface area (Å²) in [7, 11) is 1.64. The van der Waals surface area contributed by atoms with Gasteiger partial charge in [-0.25, -0.2) is 4.39 Å². The van der Waals surface area contributed by atoms with Crippen molar-refractivity contribution in [2.45, 2.75) is 12.1 Å². The fourth-order valence-corrected chi connectivity index (χ4v) is 4.58. The van der Waals surface area contributed by atoms with Gasteiger partial charge in [0.1, 0.15) is 17.6 Å². The number of thiocarbonyl (C=S) groups is 1. The van der Waals surface area contributed by atoms with E-state index in [0.29, 0.717) is 10.9 Å². The quantitative estimate of drug-likeness (QED) is 0.429. The van der Waals surface area contributed by atoms with E-state index in [4.69, 9.17) is 17.0 Å². The molecule has 3 heterocycles. The minimum absolute atomic E-state index is 0.212. The molecule has 160 valence electrons. The van der Waals surface area contributed by atoms with E-state index in [1.165, 1.54) is 12.1 Å². The zero-order valence-electron chi connectivity index (χ0n) is 17.4. The van der Waals surface area contributed by atoms with Gasteiger partial charge in [0.05, 0.1) is 24.5 Å². The van der Waals surface area contributed by atoms with Crippen LogP contribution in [0.25, 0.3) is 5.69 Å². The Labute approximate surface area is 191 Å². The van der Waals surface area contributed by atoms with Gasteiger partial charge in [0.15, 0.2) is 5.11 Å². The van der Waals surface area contributed by atoms with E-state index in [-0.39, 0.29) is 17.9 Å². The maximum Gasteiger partial charge on any atom is 0.174 e. The van der Waals surface area contributed by atoms with Gasteiger partial charge >= 0.3 is 0 Å². The average molecular weight is 445 g/mol. The molecule has 0 unspecified atom stereocenters. The van der Waals surface area contributed by atoms with Crippen molar-refractivity contribution in [2.24, 2.45) is 0 Å². The van der Waals surface area contributed by atoms with E-state index in [9.17, 15) is 4.39 Å². The number of ether oxygens (including phenoxy) is 1. The van der Waals surface area contributed by atoms with Crippen LogP contribution >= 0.6 is 12.2 Å². The van der Waals surface area contributed by atoms with Crippen LogP contribution in [-0.4, -0.2) is 21.8 Å². The number of hydrogen-bond acceptors (Lipinski definition) is 3. The summed E-state index contributed by atoms with van der Waals surface area (Å²) < 4.78 is 21.7. The van der Waals surface area contributed by atoms with Crippen molar-refractivity contribution in [3.63, 3.8) is 0 Å². The molecule has 2 aromatic carbocycles. The molecule has 5 nitrogen and oxygen atoms in total. The number of anilines is 1. The Kier molecular flexibility index (Phi) is 5.33. The minimum atomic E-state index is -0.287. The van der Waals surface area contributed by atoms with Gasteiger partial charge in [0.25, 0.3) is 0 Å². The summed E-state index contributed by atoms with van der Waals surface area (Å²) >= 11 is 5.80. The summed E-state index contributed by atoms with van der Waals surface area (Å²) in [4.78, 5) is 6.65. The molecule has 4 aromatic rings. The molecule has 0 aliphatic carbocycles. The topological polar surface area (TPSA) is 42.3 Å². The average Bonchev–Trinajstić information content (AvgIpc) is 3.44. The Hall–Kier alpha value is -3.71. The highest BCUT2D eigenvalue weighted by molar-refractivity contribution is 7.80. The lowest BCUT2D eigenvalue weighted by molar-refractivity contribution is 0.414. The molecule has 0 amide bonds. The molecule has 0 saturated carbocycles. The molecule has 2 atom stereocenters. The summed E-state index contributed by atoms with van der Waals surface area (Å²) in [5, 5.41) is 4.02. The zero-order chi connectivity index (χ0) is 22.1. The van der Waals surface area contributed by atoms with Crippen molar-refractivity contribution in [3.05, 3.63) is 108 Å². The van der Waals surface area contributed by atoms with E-state index in [2.05, 4.69) is 15.2 Å². The molecule has 5 rings (SSSR count). The van der Waals surface area contributed by atoms with Crippen LogP contribution in [-0.2, 0) is 0 Å². The third-order valence-electron chi connectivity index (χ3n) is 5.61. The lowest BCUT2D eigenvalue weighted by Gasteiger charge is -2.29. The van der Waals surface area contributed by atoms with Crippen molar-refractivity contribution in [2.75, 3.05) is 12.0 Å². The van der Waals surface area contributed by atoms with Crippen LogP contribution in [0.5, 0.6) is 5.75 Å². The second kappa shape index (κ2) is 8.43. The van der Waals surface area contributed by atoms with Crippen molar-refractivity contribution in [1.82, 2.24) is 14.9 Å². The Balaban J connectivity index is 1.70. The largest absolute Gasteiger partial charge is 0.495 e. The third-order valence-corrected chi connectivity index (χ3v) is 5.93. The van der Waals surface area contributed by atoms with E-state index in [1.807, 2.05) is 71.4 Å². The first-order valence-corrected chi connectivity index (χ1v) is 10.6. The maximum atomic E-state index is 14.0. The third kappa shape index (κ3) is 3.50. The number of methoxy groups -OCH3 is 1. The van der Waals surface area contributed by atoms with Crippen molar-refractivity contribution >= 4 is 23.0 Å². The first kappa shape index (κ1) is 20.2. The summed E-state index contributed by atoms with van der Waals surface area (Å²) in [6.45, 7) is 0. The molecule has 1 saturated heterocycles. The number of aromatic nitrogens is 2. The molecule has 0 radical (unpaired) electrons. The molecule has 1 fully saturated rings. The minimum Gasteiger partial charge on any atom is -0.495 e. The van der Waals surface area contributed by atoms with Gasteiger partial charge in [-0.3, -0.25) is 4.98 Å². The van der Waals surface area contributed by atoms with Gasteiger partial charge in [0, 0.05) is 23.8 Å². The van der Waals surface area contributed by atoms with Crippen LogP contribution in [0.1, 0.15) is 23.5 Å². The molecular weight excluding hydrogens is 423 g/mol. The molecule has 1 aliphatic heterocycles. The zero-order valence-corrected chi connectivity index (χ0v) is 18.2. The number of nitrogens with one attached hydrogen (secondary N) is 1. The second-order valence-electron chi connectivity index (χ2n) is 7.45. The highest BCUT2D eigenvalue weighted by Crippen LogP contribution is 2.44. The van der Waals surface area contributed by atoms with Crippen LogP contribution in [0.3, 0.4) is 0 Å². The Morgan fingerprint density at radius 1 is 1.00 bits per heavy atom. The molecular formula is C25H21FN4OS. The number of pyridine rings is 1.